The molecule has 2 amide bonds. The van der Waals surface area contributed by atoms with E-state index in [1.54, 1.807) is 0 Å². The van der Waals surface area contributed by atoms with Crippen molar-refractivity contribution in [2.75, 3.05) is 22.1 Å². The largest absolute Gasteiger partial charge is 0.506 e. The van der Waals surface area contributed by atoms with Gasteiger partial charge in [-0.15, -0.1) is 0 Å². The lowest BCUT2D eigenvalue weighted by Gasteiger charge is -2.36. The number of phenols is 2. The molecule has 4 rings (SSSR count). The number of benzene rings is 4. The van der Waals surface area contributed by atoms with E-state index in [2.05, 4.69) is 10.6 Å². The summed E-state index contributed by atoms with van der Waals surface area (Å²) in [6.07, 6.45) is -6.45. The van der Waals surface area contributed by atoms with Crippen molar-refractivity contribution in [3.8, 4) is 11.5 Å². The summed E-state index contributed by atoms with van der Waals surface area (Å²) >= 11 is 0. The Morgan fingerprint density at radius 2 is 1.00 bits per heavy atom. The first-order valence-corrected chi connectivity index (χ1v) is 12.2. The average Bonchev–Trinajstić information content (AvgIpc) is 2.94. The van der Waals surface area contributed by atoms with Crippen LogP contribution >= 0.6 is 0 Å². The van der Waals surface area contributed by atoms with E-state index in [1.807, 2.05) is 0 Å². The van der Waals surface area contributed by atoms with Gasteiger partial charge in [0.1, 0.15) is 11.5 Å². The molecule has 8 N–H and O–H groups in total. The van der Waals surface area contributed by atoms with E-state index in [1.165, 1.54) is 48.5 Å². The number of rotatable bonds is 7. The van der Waals surface area contributed by atoms with E-state index in [0.717, 1.165) is 0 Å². The van der Waals surface area contributed by atoms with Crippen molar-refractivity contribution in [1.29, 1.82) is 0 Å². The van der Waals surface area contributed by atoms with Crippen molar-refractivity contribution < 1.29 is 46.1 Å². The van der Waals surface area contributed by atoms with Crippen LogP contribution in [0.1, 0.15) is 31.8 Å². The van der Waals surface area contributed by atoms with Gasteiger partial charge in [-0.05, 0) is 60.7 Å². The molecule has 0 aromatic heterocycles. The molecule has 0 spiro atoms. The van der Waals surface area contributed by atoms with Crippen molar-refractivity contribution in [3.05, 3.63) is 107 Å². The van der Waals surface area contributed by atoms with Gasteiger partial charge in [-0.3, -0.25) is 9.59 Å². The molecule has 43 heavy (non-hydrogen) atoms. The van der Waals surface area contributed by atoms with Gasteiger partial charge in [-0.25, -0.2) is 4.39 Å². The number of nitrogens with one attached hydrogen (secondary N) is 2. The van der Waals surface area contributed by atoms with Crippen LogP contribution in [0.4, 0.5) is 49.1 Å². The molecule has 0 atom stereocenters. The lowest BCUT2D eigenvalue weighted by atomic mass is 9.81. The molecule has 4 aromatic rings. The SMILES string of the molecule is Nc1cccc(C(=O)Nc2cc(C(F)(c3ccc(O)c(NC(=O)c4cccc(N)c4)c3)C(F)(F)C(F)(F)F)ccc2O)c1. The monoisotopic (exact) mass is 604 g/mol. The van der Waals surface area contributed by atoms with Crippen molar-refractivity contribution in [2.45, 2.75) is 17.8 Å². The highest BCUT2D eigenvalue weighted by atomic mass is 19.4. The Kier molecular flexibility index (Phi) is 7.90. The summed E-state index contributed by atoms with van der Waals surface area (Å²) in [5.41, 5.74) is 2.73. The molecular formula is C29H22F6N4O4. The number of carbonyl (C=O) groups excluding carboxylic acids is 2. The van der Waals surface area contributed by atoms with Crippen molar-refractivity contribution >= 4 is 34.6 Å². The first-order chi connectivity index (χ1) is 20.0. The highest BCUT2D eigenvalue weighted by Crippen LogP contribution is 2.55. The Labute approximate surface area is 239 Å². The van der Waals surface area contributed by atoms with Crippen molar-refractivity contribution in [3.63, 3.8) is 0 Å². The van der Waals surface area contributed by atoms with Gasteiger partial charge in [-0.2, -0.15) is 22.0 Å². The van der Waals surface area contributed by atoms with Gasteiger partial charge < -0.3 is 32.3 Å². The zero-order chi connectivity index (χ0) is 31.7. The molecule has 0 unspecified atom stereocenters. The predicted molar refractivity (Wildman–Crippen MR) is 147 cm³/mol. The Morgan fingerprint density at radius 1 is 0.605 bits per heavy atom. The molecule has 0 radical (unpaired) electrons. The average molecular weight is 605 g/mol. The lowest BCUT2D eigenvalue weighted by molar-refractivity contribution is -0.323. The maximum atomic E-state index is 16.7. The number of phenolic OH excluding ortho intramolecular Hbond substituents is 2. The molecule has 0 aliphatic rings. The smallest absolute Gasteiger partial charge is 0.457 e. The van der Waals surface area contributed by atoms with E-state index in [9.17, 15) is 33.0 Å². The zero-order valence-electron chi connectivity index (χ0n) is 21.7. The number of amides is 2. The fraction of sp³-hybridized carbons (Fsp3) is 0.103. The van der Waals surface area contributed by atoms with E-state index in [-0.39, 0.29) is 22.5 Å². The lowest BCUT2D eigenvalue weighted by Crippen LogP contribution is -2.53. The van der Waals surface area contributed by atoms with Crippen LogP contribution in [0, 0.1) is 0 Å². The summed E-state index contributed by atoms with van der Waals surface area (Å²) in [6.45, 7) is 0. The van der Waals surface area contributed by atoms with Crippen molar-refractivity contribution in [1.82, 2.24) is 0 Å². The summed E-state index contributed by atoms with van der Waals surface area (Å²) < 4.78 is 88.2. The molecule has 4 aromatic carbocycles. The minimum atomic E-state index is -6.45. The quantitative estimate of drug-likeness (QED) is 0.0843. The normalized spacial score (nSPS) is 12.0. The van der Waals surface area contributed by atoms with Gasteiger partial charge in [0.05, 0.1) is 11.4 Å². The summed E-state index contributed by atoms with van der Waals surface area (Å²) in [5.74, 6) is -9.55. The maximum absolute atomic E-state index is 16.7. The van der Waals surface area contributed by atoms with Gasteiger partial charge in [0.25, 0.3) is 11.8 Å². The molecular weight excluding hydrogens is 582 g/mol. The highest BCUT2D eigenvalue weighted by Gasteiger charge is 2.72. The number of carbonyl (C=O) groups is 2. The van der Waals surface area contributed by atoms with Gasteiger partial charge >= 0.3 is 12.1 Å². The summed E-state index contributed by atoms with van der Waals surface area (Å²) in [7, 11) is 0. The molecule has 0 saturated heterocycles. The number of halogens is 6. The third-order valence-corrected chi connectivity index (χ3v) is 6.37. The first kappa shape index (κ1) is 30.6. The van der Waals surface area contributed by atoms with E-state index in [4.69, 9.17) is 11.5 Å². The third-order valence-electron chi connectivity index (χ3n) is 6.37. The van der Waals surface area contributed by atoms with Gasteiger partial charge in [0, 0.05) is 33.6 Å². The molecule has 0 fully saturated rings. The minimum Gasteiger partial charge on any atom is -0.506 e. The fourth-order valence-corrected chi connectivity index (χ4v) is 4.17. The molecule has 0 aliphatic heterocycles. The predicted octanol–water partition coefficient (Wildman–Crippen LogP) is 6.18. The van der Waals surface area contributed by atoms with E-state index in [0.29, 0.717) is 36.4 Å². The second-order valence-electron chi connectivity index (χ2n) is 9.35. The van der Waals surface area contributed by atoms with Gasteiger partial charge in [0.15, 0.2) is 0 Å². The van der Waals surface area contributed by atoms with E-state index < -0.39 is 63.6 Å². The Bertz CT molecular complexity index is 1600. The zero-order valence-corrected chi connectivity index (χ0v) is 21.7. The van der Waals surface area contributed by atoms with Gasteiger partial charge in [0.2, 0.25) is 5.67 Å². The number of nitrogen functional groups attached to an aromatic ring is 2. The van der Waals surface area contributed by atoms with E-state index >= 15 is 13.2 Å². The maximum Gasteiger partial charge on any atom is 0.457 e. The van der Waals surface area contributed by atoms with Crippen LogP contribution in [-0.4, -0.2) is 34.1 Å². The number of alkyl halides is 6. The summed E-state index contributed by atoms with van der Waals surface area (Å²) in [5, 5.41) is 24.7. The molecule has 14 heteroatoms. The van der Waals surface area contributed by atoms with Crippen LogP contribution in [0.2, 0.25) is 0 Å². The second-order valence-corrected chi connectivity index (χ2v) is 9.35. The Morgan fingerprint density at radius 3 is 1.35 bits per heavy atom. The molecule has 224 valence electrons. The third kappa shape index (κ3) is 5.84. The molecule has 0 saturated carbocycles. The van der Waals surface area contributed by atoms with Crippen LogP contribution in [0.15, 0.2) is 84.9 Å². The number of anilines is 4. The Hall–Kier alpha value is -5.40. The van der Waals surface area contributed by atoms with Crippen LogP contribution in [0.3, 0.4) is 0 Å². The molecule has 0 heterocycles. The Balaban J connectivity index is 1.82. The number of nitrogens with two attached hydrogens (primary N) is 2. The highest BCUT2D eigenvalue weighted by molar-refractivity contribution is 6.06. The van der Waals surface area contributed by atoms with Gasteiger partial charge in [-0.1, -0.05) is 24.3 Å². The van der Waals surface area contributed by atoms with Crippen LogP contribution in [-0.2, 0) is 5.67 Å². The summed E-state index contributed by atoms with van der Waals surface area (Å²) in [6, 6.07) is 13.8. The number of hydrogen-bond acceptors (Lipinski definition) is 6. The molecule has 0 aliphatic carbocycles. The minimum absolute atomic E-state index is 0.0592. The molecule has 0 bridgehead atoms. The standard InChI is InChI=1S/C29H22F6N4O4/c30-27(28(31,32)29(33,34)35,17-7-9-23(40)21(13-17)38-25(42)15-3-1-5-19(36)11-15)18-8-10-24(41)22(14-18)39-26(43)16-4-2-6-20(37)12-16/h1-14,40-41H,36-37H2,(H,38,42)(H,39,43). The molecule has 8 nitrogen and oxygen atoms in total. The topological polar surface area (TPSA) is 151 Å². The van der Waals surface area contributed by atoms with Crippen LogP contribution < -0.4 is 22.1 Å². The second kappa shape index (κ2) is 11.1. The van der Waals surface area contributed by atoms with Crippen molar-refractivity contribution in [2.24, 2.45) is 0 Å². The fourth-order valence-electron chi connectivity index (χ4n) is 4.17. The van der Waals surface area contributed by atoms with Crippen LogP contribution in [0.5, 0.6) is 11.5 Å². The number of hydrogen-bond donors (Lipinski definition) is 6. The number of aromatic hydroxyl groups is 2. The van der Waals surface area contributed by atoms with Crippen LogP contribution in [0.25, 0.3) is 0 Å². The first-order valence-electron chi connectivity index (χ1n) is 12.2. The summed E-state index contributed by atoms with van der Waals surface area (Å²) in [4.78, 5) is 25.3.